The van der Waals surface area contributed by atoms with Gasteiger partial charge in [-0.05, 0) is 6.42 Å². The normalized spacial score (nSPS) is 9.91. The molecule has 0 N–H and O–H groups in total. The summed E-state index contributed by atoms with van der Waals surface area (Å²) in [4.78, 5) is 0. The standard InChI is InChI=1S/C9H13BrN/c10-6-2-5-9-11-7-3-1-4-8-11/h1,3-4,7-8H,2,5-6,9H2/q+1. The highest BCUT2D eigenvalue weighted by Gasteiger charge is 1.95. The number of aryl methyl sites for hydroxylation is 1. The summed E-state index contributed by atoms with van der Waals surface area (Å²) < 4.78 is 2.21. The summed E-state index contributed by atoms with van der Waals surface area (Å²) in [6, 6.07) is 6.17. The van der Waals surface area contributed by atoms with Crippen molar-refractivity contribution in [2.24, 2.45) is 0 Å². The van der Waals surface area contributed by atoms with Gasteiger partial charge in [0, 0.05) is 23.9 Å². The predicted molar refractivity (Wildman–Crippen MR) is 49.7 cm³/mol. The number of halogens is 1. The van der Waals surface area contributed by atoms with E-state index in [1.54, 1.807) is 0 Å². The highest BCUT2D eigenvalue weighted by molar-refractivity contribution is 9.09. The Morgan fingerprint density at radius 1 is 1.00 bits per heavy atom. The first kappa shape index (κ1) is 8.72. The SMILES string of the molecule is BrCCCC[n+]1ccccc1. The molecular weight excluding hydrogens is 202 g/mol. The molecule has 0 bridgehead atoms. The zero-order chi connectivity index (χ0) is 7.94. The third-order valence-electron chi connectivity index (χ3n) is 1.58. The van der Waals surface area contributed by atoms with Crippen molar-refractivity contribution >= 4 is 15.9 Å². The Labute approximate surface area is 76.2 Å². The number of hydrogen-bond donors (Lipinski definition) is 0. The van der Waals surface area contributed by atoms with Crippen molar-refractivity contribution in [3.63, 3.8) is 0 Å². The average molecular weight is 215 g/mol. The fraction of sp³-hybridized carbons (Fsp3) is 0.444. The zero-order valence-corrected chi connectivity index (χ0v) is 8.13. The molecule has 0 amide bonds. The van der Waals surface area contributed by atoms with Gasteiger partial charge in [-0.2, -0.15) is 0 Å². The number of unbranched alkanes of at least 4 members (excludes halogenated alkanes) is 1. The van der Waals surface area contributed by atoms with Gasteiger partial charge in [-0.3, -0.25) is 0 Å². The van der Waals surface area contributed by atoms with Crippen LogP contribution in [0.1, 0.15) is 12.8 Å². The number of rotatable bonds is 4. The lowest BCUT2D eigenvalue weighted by Crippen LogP contribution is -2.32. The van der Waals surface area contributed by atoms with E-state index < -0.39 is 0 Å². The van der Waals surface area contributed by atoms with E-state index in [0.717, 1.165) is 11.9 Å². The van der Waals surface area contributed by atoms with Crippen molar-refractivity contribution in [1.82, 2.24) is 0 Å². The number of pyridine rings is 1. The van der Waals surface area contributed by atoms with Crippen molar-refractivity contribution in [1.29, 1.82) is 0 Å². The molecule has 0 spiro atoms. The van der Waals surface area contributed by atoms with E-state index >= 15 is 0 Å². The molecule has 60 valence electrons. The monoisotopic (exact) mass is 214 g/mol. The second kappa shape index (κ2) is 5.30. The molecule has 0 aromatic carbocycles. The van der Waals surface area contributed by atoms with Crippen molar-refractivity contribution in [3.05, 3.63) is 30.6 Å². The molecule has 0 saturated heterocycles. The maximum absolute atomic E-state index is 3.41. The molecule has 0 unspecified atom stereocenters. The lowest BCUT2D eigenvalue weighted by Gasteiger charge is -1.93. The van der Waals surface area contributed by atoms with E-state index in [9.17, 15) is 0 Å². The molecule has 0 radical (unpaired) electrons. The quantitative estimate of drug-likeness (QED) is 0.411. The molecule has 1 rings (SSSR count). The molecule has 11 heavy (non-hydrogen) atoms. The first-order valence-electron chi connectivity index (χ1n) is 3.93. The Kier molecular flexibility index (Phi) is 4.21. The zero-order valence-electron chi connectivity index (χ0n) is 6.54. The van der Waals surface area contributed by atoms with Gasteiger partial charge in [0.05, 0.1) is 0 Å². The molecule has 0 atom stereocenters. The number of hydrogen-bond acceptors (Lipinski definition) is 0. The molecule has 2 heteroatoms. The van der Waals surface area contributed by atoms with E-state index in [1.807, 2.05) is 6.07 Å². The second-order valence-electron chi connectivity index (χ2n) is 2.51. The first-order chi connectivity index (χ1) is 5.43. The minimum Gasteiger partial charge on any atom is -0.205 e. The van der Waals surface area contributed by atoms with Gasteiger partial charge >= 0.3 is 0 Å². The molecular formula is C9H13BrN+. The van der Waals surface area contributed by atoms with Crippen LogP contribution in [0.4, 0.5) is 0 Å². The largest absolute Gasteiger partial charge is 0.205 e. The third-order valence-corrected chi connectivity index (χ3v) is 2.14. The summed E-state index contributed by atoms with van der Waals surface area (Å²) in [5, 5.41) is 1.11. The molecule has 1 nitrogen and oxygen atoms in total. The van der Waals surface area contributed by atoms with Crippen LogP contribution in [0.2, 0.25) is 0 Å². The second-order valence-corrected chi connectivity index (χ2v) is 3.30. The van der Waals surface area contributed by atoms with Crippen LogP contribution in [0.3, 0.4) is 0 Å². The van der Waals surface area contributed by atoms with Gasteiger partial charge in [-0.15, -0.1) is 0 Å². The van der Waals surface area contributed by atoms with Gasteiger partial charge in [0.25, 0.3) is 0 Å². The minimum atomic E-state index is 1.11. The summed E-state index contributed by atoms with van der Waals surface area (Å²) in [5.74, 6) is 0. The van der Waals surface area contributed by atoms with E-state index in [1.165, 1.54) is 12.8 Å². The van der Waals surface area contributed by atoms with E-state index in [4.69, 9.17) is 0 Å². The van der Waals surface area contributed by atoms with Crippen LogP contribution in [0.15, 0.2) is 30.6 Å². The fourth-order valence-electron chi connectivity index (χ4n) is 0.972. The molecule has 0 fully saturated rings. The maximum Gasteiger partial charge on any atom is 0.168 e. The Hall–Kier alpha value is -0.370. The third kappa shape index (κ3) is 3.51. The van der Waals surface area contributed by atoms with Gasteiger partial charge in [-0.25, -0.2) is 4.57 Å². The van der Waals surface area contributed by atoms with Crippen LogP contribution in [0.5, 0.6) is 0 Å². The minimum absolute atomic E-state index is 1.11. The summed E-state index contributed by atoms with van der Waals surface area (Å²) in [6.07, 6.45) is 6.71. The smallest absolute Gasteiger partial charge is 0.168 e. The van der Waals surface area contributed by atoms with Crippen molar-refractivity contribution in [3.8, 4) is 0 Å². The molecule has 0 aliphatic carbocycles. The lowest BCUT2D eigenvalue weighted by atomic mass is 10.3. The van der Waals surface area contributed by atoms with Crippen molar-refractivity contribution < 1.29 is 4.57 Å². The van der Waals surface area contributed by atoms with E-state index in [0.29, 0.717) is 0 Å². The molecule has 1 aromatic heterocycles. The van der Waals surface area contributed by atoms with Crippen molar-refractivity contribution in [2.75, 3.05) is 5.33 Å². The van der Waals surface area contributed by atoms with Crippen LogP contribution >= 0.6 is 15.9 Å². The fourth-order valence-corrected chi connectivity index (χ4v) is 1.37. The van der Waals surface area contributed by atoms with Gasteiger partial charge < -0.3 is 0 Å². The van der Waals surface area contributed by atoms with Gasteiger partial charge in [0.15, 0.2) is 12.4 Å². The van der Waals surface area contributed by atoms with Crippen LogP contribution in [-0.4, -0.2) is 5.33 Å². The van der Waals surface area contributed by atoms with Gasteiger partial charge in [0.1, 0.15) is 6.54 Å². The summed E-state index contributed by atoms with van der Waals surface area (Å²) in [7, 11) is 0. The Morgan fingerprint density at radius 3 is 2.36 bits per heavy atom. The Morgan fingerprint density at radius 2 is 1.73 bits per heavy atom. The molecule has 0 saturated carbocycles. The molecule has 0 aliphatic heterocycles. The number of alkyl halides is 1. The molecule has 1 heterocycles. The van der Waals surface area contributed by atoms with E-state index in [2.05, 4.69) is 45.0 Å². The van der Waals surface area contributed by atoms with E-state index in [-0.39, 0.29) is 0 Å². The van der Waals surface area contributed by atoms with Crippen LogP contribution < -0.4 is 4.57 Å². The van der Waals surface area contributed by atoms with Gasteiger partial charge in [0.2, 0.25) is 0 Å². The first-order valence-corrected chi connectivity index (χ1v) is 5.05. The topological polar surface area (TPSA) is 3.88 Å². The molecule has 0 aliphatic rings. The Balaban J connectivity index is 2.28. The highest BCUT2D eigenvalue weighted by Crippen LogP contribution is 1.92. The Bertz CT molecular complexity index is 186. The number of aromatic nitrogens is 1. The number of nitrogens with zero attached hydrogens (tertiary/aromatic N) is 1. The van der Waals surface area contributed by atoms with Gasteiger partial charge in [-0.1, -0.05) is 22.0 Å². The maximum atomic E-state index is 3.41. The lowest BCUT2D eigenvalue weighted by molar-refractivity contribution is -0.697. The average Bonchev–Trinajstić information content (AvgIpc) is 2.07. The molecule has 1 aromatic rings. The predicted octanol–water partition coefficient (Wildman–Crippen LogP) is 2.15. The van der Waals surface area contributed by atoms with Crippen LogP contribution in [0, 0.1) is 0 Å². The highest BCUT2D eigenvalue weighted by atomic mass is 79.9. The van der Waals surface area contributed by atoms with Crippen molar-refractivity contribution in [2.45, 2.75) is 19.4 Å². The van der Waals surface area contributed by atoms with Crippen LogP contribution in [-0.2, 0) is 6.54 Å². The summed E-state index contributed by atoms with van der Waals surface area (Å²) in [6.45, 7) is 1.13. The van der Waals surface area contributed by atoms with Crippen LogP contribution in [0.25, 0.3) is 0 Å². The summed E-state index contributed by atoms with van der Waals surface area (Å²) >= 11 is 3.41. The summed E-state index contributed by atoms with van der Waals surface area (Å²) in [5.41, 5.74) is 0.